The molecule has 4 nitrogen and oxygen atoms in total. The highest BCUT2D eigenvalue weighted by molar-refractivity contribution is 6.33. The van der Waals surface area contributed by atoms with Crippen LogP contribution in [0.3, 0.4) is 0 Å². The minimum atomic E-state index is -0.302. The zero-order valence-electron chi connectivity index (χ0n) is 18.1. The van der Waals surface area contributed by atoms with Crippen molar-refractivity contribution in [2.45, 2.75) is 46.5 Å². The van der Waals surface area contributed by atoms with Crippen molar-refractivity contribution in [1.82, 2.24) is 4.98 Å². The van der Waals surface area contributed by atoms with E-state index in [4.69, 9.17) is 11.6 Å². The number of hydrogen-bond donors (Lipinski definition) is 2. The van der Waals surface area contributed by atoms with Gasteiger partial charge in [-0.3, -0.25) is 4.98 Å². The molecule has 0 unspecified atom stereocenters. The zero-order chi connectivity index (χ0) is 21.8. The van der Waals surface area contributed by atoms with Crippen LogP contribution in [0.4, 0.5) is 16.2 Å². The van der Waals surface area contributed by atoms with Crippen LogP contribution in [0.2, 0.25) is 5.02 Å². The summed E-state index contributed by atoms with van der Waals surface area (Å²) >= 11 is 6.39. The van der Waals surface area contributed by atoms with Gasteiger partial charge in [-0.05, 0) is 48.1 Å². The van der Waals surface area contributed by atoms with Crippen LogP contribution < -0.4 is 10.6 Å². The van der Waals surface area contributed by atoms with Crippen LogP contribution in [-0.2, 0) is 0 Å². The molecule has 0 saturated heterocycles. The van der Waals surface area contributed by atoms with E-state index in [0.29, 0.717) is 28.2 Å². The topological polar surface area (TPSA) is 54.0 Å². The van der Waals surface area contributed by atoms with E-state index in [0.717, 1.165) is 28.1 Å². The first kappa shape index (κ1) is 21.8. The number of urea groups is 1. The Kier molecular flexibility index (Phi) is 6.78. The summed E-state index contributed by atoms with van der Waals surface area (Å²) in [7, 11) is 0. The maximum absolute atomic E-state index is 13.0. The second kappa shape index (κ2) is 9.31. The summed E-state index contributed by atoms with van der Waals surface area (Å²) in [6.45, 7) is 10.4. The molecule has 0 fully saturated rings. The number of aromatic nitrogens is 1. The number of nitrogens with zero attached hydrogens (tertiary/aromatic N) is 1. The van der Waals surface area contributed by atoms with Crippen molar-refractivity contribution >= 4 is 29.0 Å². The van der Waals surface area contributed by atoms with Gasteiger partial charge in [-0.15, -0.1) is 0 Å². The average Bonchev–Trinajstić information content (AvgIpc) is 2.69. The van der Waals surface area contributed by atoms with Crippen LogP contribution in [0.15, 0.2) is 54.6 Å². The SMILES string of the molecule is Cc1ccc(NC(=O)Nc2c(C(C)C)cccc2C(C)C)c(-c2ccccc2Cl)n1. The Bertz CT molecular complexity index is 1030. The van der Waals surface area contributed by atoms with E-state index in [1.54, 1.807) is 0 Å². The summed E-state index contributed by atoms with van der Waals surface area (Å²) in [5, 5.41) is 6.65. The number of aryl methyl sites for hydroxylation is 1. The number of pyridine rings is 1. The summed E-state index contributed by atoms with van der Waals surface area (Å²) in [6, 6.07) is 17.1. The molecule has 3 aromatic rings. The first-order chi connectivity index (χ1) is 14.3. The molecule has 1 heterocycles. The summed E-state index contributed by atoms with van der Waals surface area (Å²) in [4.78, 5) is 17.6. The molecule has 2 aromatic carbocycles. The van der Waals surface area contributed by atoms with E-state index in [1.165, 1.54) is 0 Å². The lowest BCUT2D eigenvalue weighted by Gasteiger charge is -2.21. The lowest BCUT2D eigenvalue weighted by atomic mass is 9.93. The van der Waals surface area contributed by atoms with Gasteiger partial charge in [-0.25, -0.2) is 4.79 Å². The Hall–Kier alpha value is -2.85. The number of hydrogen-bond acceptors (Lipinski definition) is 2. The van der Waals surface area contributed by atoms with E-state index < -0.39 is 0 Å². The predicted octanol–water partition coefficient (Wildman–Crippen LogP) is 7.60. The molecule has 0 saturated carbocycles. The van der Waals surface area contributed by atoms with Crippen molar-refractivity contribution in [3.63, 3.8) is 0 Å². The van der Waals surface area contributed by atoms with Crippen molar-refractivity contribution in [2.24, 2.45) is 0 Å². The smallest absolute Gasteiger partial charge is 0.307 e. The molecule has 0 aliphatic carbocycles. The fraction of sp³-hybridized carbons (Fsp3) is 0.280. The molecule has 5 heteroatoms. The van der Waals surface area contributed by atoms with Crippen molar-refractivity contribution in [3.05, 3.63) is 76.4 Å². The van der Waals surface area contributed by atoms with Gasteiger partial charge < -0.3 is 10.6 Å². The Balaban J connectivity index is 1.95. The number of anilines is 2. The van der Waals surface area contributed by atoms with Gasteiger partial charge in [0.25, 0.3) is 0 Å². The van der Waals surface area contributed by atoms with Crippen molar-refractivity contribution in [1.29, 1.82) is 0 Å². The van der Waals surface area contributed by atoms with Gasteiger partial charge in [0.15, 0.2) is 0 Å². The molecule has 156 valence electrons. The lowest BCUT2D eigenvalue weighted by molar-refractivity contribution is 0.262. The molecular weight excluding hydrogens is 394 g/mol. The summed E-state index contributed by atoms with van der Waals surface area (Å²) in [5.41, 5.74) is 6.00. The summed E-state index contributed by atoms with van der Waals surface area (Å²) in [6.07, 6.45) is 0. The first-order valence-electron chi connectivity index (χ1n) is 10.2. The van der Waals surface area contributed by atoms with Crippen molar-refractivity contribution in [2.75, 3.05) is 10.6 Å². The zero-order valence-corrected chi connectivity index (χ0v) is 18.8. The molecule has 1 aromatic heterocycles. The highest BCUT2D eigenvalue weighted by atomic mass is 35.5. The van der Waals surface area contributed by atoms with Gasteiger partial charge in [0.05, 0.1) is 16.4 Å². The quantitative estimate of drug-likeness (QED) is 0.445. The molecule has 2 amide bonds. The number of rotatable bonds is 5. The van der Waals surface area contributed by atoms with Crippen LogP contribution in [0, 0.1) is 6.92 Å². The second-order valence-electron chi connectivity index (χ2n) is 8.03. The normalized spacial score (nSPS) is 11.1. The number of carbonyl (C=O) groups excluding carboxylic acids is 1. The maximum Gasteiger partial charge on any atom is 0.323 e. The Morgan fingerprint density at radius 2 is 1.50 bits per heavy atom. The average molecular weight is 422 g/mol. The van der Waals surface area contributed by atoms with E-state index in [2.05, 4.69) is 55.4 Å². The van der Waals surface area contributed by atoms with Gasteiger partial charge in [0, 0.05) is 16.9 Å². The summed E-state index contributed by atoms with van der Waals surface area (Å²) < 4.78 is 0. The molecule has 0 atom stereocenters. The molecule has 0 bridgehead atoms. The highest BCUT2D eigenvalue weighted by Gasteiger charge is 2.18. The third-order valence-electron chi connectivity index (χ3n) is 5.02. The van der Waals surface area contributed by atoms with Gasteiger partial charge in [-0.2, -0.15) is 0 Å². The third-order valence-corrected chi connectivity index (χ3v) is 5.35. The number of amides is 2. The van der Waals surface area contributed by atoms with E-state index in [9.17, 15) is 4.79 Å². The van der Waals surface area contributed by atoms with Crippen LogP contribution >= 0.6 is 11.6 Å². The highest BCUT2D eigenvalue weighted by Crippen LogP contribution is 2.34. The third kappa shape index (κ3) is 4.82. The van der Waals surface area contributed by atoms with Crippen LogP contribution in [-0.4, -0.2) is 11.0 Å². The first-order valence-corrected chi connectivity index (χ1v) is 10.6. The van der Waals surface area contributed by atoms with Gasteiger partial charge in [0.2, 0.25) is 0 Å². The minimum absolute atomic E-state index is 0.290. The molecule has 0 spiro atoms. The molecule has 2 N–H and O–H groups in total. The number of benzene rings is 2. The molecule has 0 aliphatic heterocycles. The van der Waals surface area contributed by atoms with Crippen LogP contribution in [0.25, 0.3) is 11.3 Å². The van der Waals surface area contributed by atoms with Crippen LogP contribution in [0.1, 0.15) is 56.4 Å². The fourth-order valence-corrected chi connectivity index (χ4v) is 3.70. The summed E-state index contributed by atoms with van der Waals surface area (Å²) in [5.74, 6) is 0.581. The molecule has 30 heavy (non-hydrogen) atoms. The largest absolute Gasteiger partial charge is 0.323 e. The maximum atomic E-state index is 13.0. The van der Waals surface area contributed by atoms with E-state index >= 15 is 0 Å². The number of carbonyl (C=O) groups is 1. The number of halogens is 1. The Labute approximate surface area is 183 Å². The van der Waals surface area contributed by atoms with E-state index in [-0.39, 0.29) is 6.03 Å². The Morgan fingerprint density at radius 3 is 2.10 bits per heavy atom. The minimum Gasteiger partial charge on any atom is -0.307 e. The second-order valence-corrected chi connectivity index (χ2v) is 8.44. The number of para-hydroxylation sites is 1. The fourth-order valence-electron chi connectivity index (χ4n) is 3.48. The monoisotopic (exact) mass is 421 g/mol. The lowest BCUT2D eigenvalue weighted by Crippen LogP contribution is -2.22. The van der Waals surface area contributed by atoms with E-state index in [1.807, 2.05) is 49.4 Å². The van der Waals surface area contributed by atoms with Crippen LogP contribution in [0.5, 0.6) is 0 Å². The molecule has 3 rings (SSSR count). The predicted molar refractivity (Wildman–Crippen MR) is 127 cm³/mol. The Morgan fingerprint density at radius 1 is 0.867 bits per heavy atom. The standard InChI is InChI=1S/C25H28ClN3O/c1-15(2)18-10-8-11-19(16(3)4)23(18)29-25(30)28-22-14-13-17(5)27-24(22)20-9-6-7-12-21(20)26/h6-16H,1-5H3,(H2,28,29,30). The van der Waals surface area contributed by atoms with Gasteiger partial charge in [-0.1, -0.05) is 75.7 Å². The van der Waals surface area contributed by atoms with Gasteiger partial charge in [0.1, 0.15) is 0 Å². The molecule has 0 aliphatic rings. The molecular formula is C25H28ClN3O. The molecule has 0 radical (unpaired) electrons. The number of nitrogens with one attached hydrogen (secondary N) is 2. The van der Waals surface area contributed by atoms with Crippen molar-refractivity contribution < 1.29 is 4.79 Å². The van der Waals surface area contributed by atoms with Crippen molar-refractivity contribution in [3.8, 4) is 11.3 Å². The van der Waals surface area contributed by atoms with Gasteiger partial charge >= 0.3 is 6.03 Å².